The van der Waals surface area contributed by atoms with Crippen LogP contribution in [-0.4, -0.2) is 26.2 Å². The summed E-state index contributed by atoms with van der Waals surface area (Å²) in [6.07, 6.45) is 1.23. The summed E-state index contributed by atoms with van der Waals surface area (Å²) >= 11 is 0. The molecule has 1 aliphatic rings. The first-order chi connectivity index (χ1) is 8.08. The molecular weight excluding hydrogens is 208 g/mol. The van der Waals surface area contributed by atoms with Crippen molar-refractivity contribution in [2.75, 3.05) is 31.1 Å². The molecule has 0 saturated carbocycles. The Bertz CT molecular complexity index is 371. The first-order valence-electron chi connectivity index (χ1n) is 6.60. The van der Waals surface area contributed by atoms with Crippen molar-refractivity contribution in [1.29, 1.82) is 0 Å². The molecule has 0 spiro atoms. The van der Waals surface area contributed by atoms with Crippen LogP contribution in [0.4, 0.5) is 5.69 Å². The van der Waals surface area contributed by atoms with Crippen LogP contribution in [0.5, 0.6) is 0 Å². The molecular formula is C15H24N2. The summed E-state index contributed by atoms with van der Waals surface area (Å²) in [7, 11) is 0. The van der Waals surface area contributed by atoms with Gasteiger partial charge in [-0.3, -0.25) is 0 Å². The zero-order chi connectivity index (χ0) is 12.3. The Kier molecular flexibility index (Phi) is 3.72. The second-order valence-electron chi connectivity index (χ2n) is 5.90. The predicted octanol–water partition coefficient (Wildman–Crippen LogP) is 2.82. The third-order valence-corrected chi connectivity index (χ3v) is 3.46. The van der Waals surface area contributed by atoms with Gasteiger partial charge in [0.2, 0.25) is 0 Å². The standard InChI is InChI=1S/C15H24N2/c1-13-7-4-5-8-14(13)17-10-6-9-16-11-15(2,3)12-17/h4-5,7-8,16H,6,9-12H2,1-3H3. The minimum Gasteiger partial charge on any atom is -0.371 e. The maximum atomic E-state index is 3.54. The number of rotatable bonds is 1. The van der Waals surface area contributed by atoms with Gasteiger partial charge in [-0.2, -0.15) is 0 Å². The Morgan fingerprint density at radius 3 is 2.76 bits per heavy atom. The lowest BCUT2D eigenvalue weighted by Crippen LogP contribution is -2.44. The number of nitrogens with zero attached hydrogens (tertiary/aromatic N) is 1. The Labute approximate surface area is 105 Å². The van der Waals surface area contributed by atoms with Crippen LogP contribution in [0.1, 0.15) is 25.8 Å². The van der Waals surface area contributed by atoms with Gasteiger partial charge in [0.25, 0.3) is 0 Å². The Balaban J connectivity index is 2.20. The Morgan fingerprint density at radius 1 is 1.24 bits per heavy atom. The summed E-state index contributed by atoms with van der Waals surface area (Å²) < 4.78 is 0. The summed E-state index contributed by atoms with van der Waals surface area (Å²) in [5.41, 5.74) is 3.13. The van der Waals surface area contributed by atoms with Crippen molar-refractivity contribution in [2.24, 2.45) is 5.41 Å². The monoisotopic (exact) mass is 232 g/mol. The van der Waals surface area contributed by atoms with Gasteiger partial charge >= 0.3 is 0 Å². The van der Waals surface area contributed by atoms with E-state index in [-0.39, 0.29) is 0 Å². The number of benzene rings is 1. The topological polar surface area (TPSA) is 15.3 Å². The lowest BCUT2D eigenvalue weighted by molar-refractivity contribution is 0.325. The van der Waals surface area contributed by atoms with Gasteiger partial charge in [0.1, 0.15) is 0 Å². The van der Waals surface area contributed by atoms with Crippen LogP contribution >= 0.6 is 0 Å². The highest BCUT2D eigenvalue weighted by molar-refractivity contribution is 5.53. The van der Waals surface area contributed by atoms with Gasteiger partial charge in [-0.25, -0.2) is 0 Å². The van der Waals surface area contributed by atoms with E-state index >= 15 is 0 Å². The van der Waals surface area contributed by atoms with E-state index in [2.05, 4.69) is 55.3 Å². The van der Waals surface area contributed by atoms with Gasteiger partial charge in [-0.1, -0.05) is 32.0 Å². The largest absolute Gasteiger partial charge is 0.371 e. The summed E-state index contributed by atoms with van der Waals surface area (Å²) in [6, 6.07) is 8.72. The fraction of sp³-hybridized carbons (Fsp3) is 0.600. The molecule has 0 aromatic heterocycles. The summed E-state index contributed by atoms with van der Waals surface area (Å²) in [5.74, 6) is 0. The van der Waals surface area contributed by atoms with Crippen molar-refractivity contribution in [3.05, 3.63) is 29.8 Å². The van der Waals surface area contributed by atoms with E-state index in [0.717, 1.165) is 26.2 Å². The fourth-order valence-corrected chi connectivity index (χ4v) is 2.60. The van der Waals surface area contributed by atoms with E-state index in [1.807, 2.05) is 0 Å². The van der Waals surface area contributed by atoms with Gasteiger partial charge < -0.3 is 10.2 Å². The predicted molar refractivity (Wildman–Crippen MR) is 74.7 cm³/mol. The van der Waals surface area contributed by atoms with Crippen LogP contribution in [0, 0.1) is 12.3 Å². The van der Waals surface area contributed by atoms with Crippen LogP contribution in [0.15, 0.2) is 24.3 Å². The molecule has 1 saturated heterocycles. The zero-order valence-electron chi connectivity index (χ0n) is 11.3. The molecule has 1 aromatic carbocycles. The summed E-state index contributed by atoms with van der Waals surface area (Å²) in [5, 5.41) is 3.54. The highest BCUT2D eigenvalue weighted by Crippen LogP contribution is 2.25. The van der Waals surface area contributed by atoms with E-state index in [1.165, 1.54) is 17.7 Å². The molecule has 17 heavy (non-hydrogen) atoms. The van der Waals surface area contributed by atoms with Gasteiger partial charge in [-0.05, 0) is 36.9 Å². The maximum Gasteiger partial charge on any atom is 0.0396 e. The third kappa shape index (κ3) is 3.22. The second-order valence-corrected chi connectivity index (χ2v) is 5.90. The van der Waals surface area contributed by atoms with Crippen LogP contribution < -0.4 is 10.2 Å². The van der Waals surface area contributed by atoms with Crippen molar-refractivity contribution in [2.45, 2.75) is 27.2 Å². The van der Waals surface area contributed by atoms with Gasteiger partial charge in [-0.15, -0.1) is 0 Å². The van der Waals surface area contributed by atoms with Crippen molar-refractivity contribution in [1.82, 2.24) is 5.32 Å². The highest BCUT2D eigenvalue weighted by atomic mass is 15.1. The van der Waals surface area contributed by atoms with Crippen LogP contribution in [0.25, 0.3) is 0 Å². The molecule has 0 unspecified atom stereocenters. The van der Waals surface area contributed by atoms with E-state index < -0.39 is 0 Å². The van der Waals surface area contributed by atoms with Crippen molar-refractivity contribution >= 4 is 5.69 Å². The summed E-state index contributed by atoms with van der Waals surface area (Å²) in [4.78, 5) is 2.55. The molecule has 0 aliphatic carbocycles. The number of hydrogen-bond donors (Lipinski definition) is 1. The van der Waals surface area contributed by atoms with Crippen molar-refractivity contribution in [3.8, 4) is 0 Å². The van der Waals surface area contributed by atoms with Crippen LogP contribution in [0.2, 0.25) is 0 Å². The third-order valence-electron chi connectivity index (χ3n) is 3.46. The minimum absolute atomic E-state index is 0.336. The Morgan fingerprint density at radius 2 is 2.00 bits per heavy atom. The van der Waals surface area contributed by atoms with Crippen molar-refractivity contribution < 1.29 is 0 Å². The lowest BCUT2D eigenvalue weighted by Gasteiger charge is -2.37. The molecule has 1 N–H and O–H groups in total. The van der Waals surface area contributed by atoms with Gasteiger partial charge in [0.05, 0.1) is 0 Å². The number of para-hydroxylation sites is 1. The molecule has 0 bridgehead atoms. The van der Waals surface area contributed by atoms with Crippen LogP contribution in [0.3, 0.4) is 0 Å². The highest BCUT2D eigenvalue weighted by Gasteiger charge is 2.24. The molecule has 1 fully saturated rings. The number of nitrogens with one attached hydrogen (secondary N) is 1. The van der Waals surface area contributed by atoms with Gasteiger partial charge in [0.15, 0.2) is 0 Å². The van der Waals surface area contributed by atoms with E-state index in [9.17, 15) is 0 Å². The first kappa shape index (κ1) is 12.4. The second kappa shape index (κ2) is 5.09. The van der Waals surface area contributed by atoms with E-state index in [4.69, 9.17) is 0 Å². The summed E-state index contributed by atoms with van der Waals surface area (Å²) in [6.45, 7) is 11.4. The number of hydrogen-bond acceptors (Lipinski definition) is 2. The molecule has 1 aromatic rings. The molecule has 2 nitrogen and oxygen atoms in total. The number of aryl methyl sites for hydroxylation is 1. The van der Waals surface area contributed by atoms with Gasteiger partial charge in [0, 0.05) is 25.3 Å². The molecule has 2 rings (SSSR count). The first-order valence-corrected chi connectivity index (χ1v) is 6.60. The lowest BCUT2D eigenvalue weighted by atomic mass is 9.91. The average Bonchev–Trinajstić information content (AvgIpc) is 2.25. The molecule has 0 atom stereocenters. The minimum atomic E-state index is 0.336. The van der Waals surface area contributed by atoms with E-state index in [1.54, 1.807) is 0 Å². The molecule has 0 amide bonds. The SMILES string of the molecule is Cc1ccccc1N1CCCNCC(C)(C)C1. The van der Waals surface area contributed by atoms with Crippen LogP contribution in [-0.2, 0) is 0 Å². The normalized spacial score (nSPS) is 20.8. The quantitative estimate of drug-likeness (QED) is 0.801. The molecule has 2 heteroatoms. The molecule has 94 valence electrons. The van der Waals surface area contributed by atoms with E-state index in [0.29, 0.717) is 5.41 Å². The Hall–Kier alpha value is -1.02. The zero-order valence-corrected chi connectivity index (χ0v) is 11.3. The molecule has 0 radical (unpaired) electrons. The van der Waals surface area contributed by atoms with Crippen molar-refractivity contribution in [3.63, 3.8) is 0 Å². The smallest absolute Gasteiger partial charge is 0.0396 e. The molecule has 1 heterocycles. The molecule has 1 aliphatic heterocycles. The fourth-order valence-electron chi connectivity index (χ4n) is 2.60. The average molecular weight is 232 g/mol. The maximum absolute atomic E-state index is 3.54. The number of anilines is 1.